The van der Waals surface area contributed by atoms with Crippen LogP contribution >= 0.6 is 38.9 Å². The summed E-state index contributed by atoms with van der Waals surface area (Å²) >= 11 is 10.8. The molecule has 0 saturated heterocycles. The van der Waals surface area contributed by atoms with Crippen molar-refractivity contribution in [2.24, 2.45) is 0 Å². The van der Waals surface area contributed by atoms with Gasteiger partial charge in [0.05, 0.1) is 17.3 Å². The number of nitrogens with one attached hydrogen (secondary N) is 1. The summed E-state index contributed by atoms with van der Waals surface area (Å²) in [5.74, 6) is -0.168. The van der Waals surface area contributed by atoms with Crippen LogP contribution in [-0.4, -0.2) is 5.91 Å². The molecule has 3 N–H and O–H groups in total. The van der Waals surface area contributed by atoms with Gasteiger partial charge in [-0.2, -0.15) is 0 Å². The Morgan fingerprint density at radius 3 is 2.83 bits per heavy atom. The lowest BCUT2D eigenvalue weighted by molar-refractivity contribution is 0.0951. The smallest absolute Gasteiger partial charge is 0.251 e. The van der Waals surface area contributed by atoms with E-state index in [0.29, 0.717) is 22.8 Å². The molecular formula is C12H10BrClN2OS. The first-order valence-corrected chi connectivity index (χ1v) is 7.18. The van der Waals surface area contributed by atoms with Gasteiger partial charge in [0, 0.05) is 14.9 Å². The molecule has 1 heterocycles. The van der Waals surface area contributed by atoms with Gasteiger partial charge in [-0.05, 0) is 45.6 Å². The molecule has 2 rings (SSSR count). The number of carbonyl (C=O) groups excluding carboxylic acids is 1. The fourth-order valence-corrected chi connectivity index (χ4v) is 2.95. The van der Waals surface area contributed by atoms with Crippen molar-refractivity contribution in [1.82, 2.24) is 5.32 Å². The van der Waals surface area contributed by atoms with E-state index in [-0.39, 0.29) is 5.91 Å². The van der Waals surface area contributed by atoms with Crippen molar-refractivity contribution in [1.29, 1.82) is 0 Å². The largest absolute Gasteiger partial charge is 0.398 e. The summed E-state index contributed by atoms with van der Waals surface area (Å²) in [7, 11) is 0. The molecule has 0 aliphatic carbocycles. The minimum atomic E-state index is -0.168. The number of thiophene rings is 1. The molecule has 1 aromatic carbocycles. The average molecular weight is 346 g/mol. The third kappa shape index (κ3) is 3.04. The van der Waals surface area contributed by atoms with E-state index in [9.17, 15) is 4.79 Å². The Morgan fingerprint density at radius 2 is 2.22 bits per heavy atom. The van der Waals surface area contributed by atoms with Crippen LogP contribution in [0, 0.1) is 0 Å². The van der Waals surface area contributed by atoms with E-state index >= 15 is 0 Å². The second kappa shape index (κ2) is 5.73. The van der Waals surface area contributed by atoms with Crippen LogP contribution in [0.5, 0.6) is 0 Å². The van der Waals surface area contributed by atoms with Crippen molar-refractivity contribution in [3.8, 4) is 0 Å². The van der Waals surface area contributed by atoms with Crippen molar-refractivity contribution >= 4 is 50.5 Å². The maximum atomic E-state index is 11.9. The molecule has 0 aliphatic heterocycles. The molecule has 6 heteroatoms. The number of rotatable bonds is 3. The Labute approximate surface area is 122 Å². The highest BCUT2D eigenvalue weighted by Gasteiger charge is 2.08. The Morgan fingerprint density at radius 1 is 1.44 bits per heavy atom. The number of carbonyl (C=O) groups is 1. The lowest BCUT2D eigenvalue weighted by Gasteiger charge is -2.06. The first kappa shape index (κ1) is 13.4. The van der Waals surface area contributed by atoms with Gasteiger partial charge in [-0.3, -0.25) is 4.79 Å². The standard InChI is InChI=1S/C12H10BrClN2OS/c13-8-3-4-18-11(8)6-16-12(17)7-1-2-9(14)10(15)5-7/h1-5H,6,15H2,(H,16,17). The topological polar surface area (TPSA) is 55.1 Å². The molecule has 0 aliphatic rings. The first-order chi connectivity index (χ1) is 8.58. The molecule has 0 radical (unpaired) electrons. The number of benzene rings is 1. The Bertz CT molecular complexity index is 585. The summed E-state index contributed by atoms with van der Waals surface area (Å²) in [4.78, 5) is 13.0. The third-order valence-electron chi connectivity index (χ3n) is 2.36. The zero-order valence-electron chi connectivity index (χ0n) is 9.24. The highest BCUT2D eigenvalue weighted by atomic mass is 79.9. The molecule has 0 spiro atoms. The number of halogens is 2. The zero-order chi connectivity index (χ0) is 13.1. The number of hydrogen-bond acceptors (Lipinski definition) is 3. The lowest BCUT2D eigenvalue weighted by atomic mass is 10.2. The first-order valence-electron chi connectivity index (χ1n) is 5.13. The molecule has 1 amide bonds. The molecule has 1 aromatic heterocycles. The van der Waals surface area contributed by atoms with E-state index in [1.807, 2.05) is 11.4 Å². The summed E-state index contributed by atoms with van der Waals surface area (Å²) in [6.45, 7) is 0.486. The number of amides is 1. The van der Waals surface area contributed by atoms with Crippen LogP contribution in [0.1, 0.15) is 15.2 Å². The molecular weight excluding hydrogens is 336 g/mol. The van der Waals surface area contributed by atoms with Crippen molar-refractivity contribution in [2.45, 2.75) is 6.54 Å². The van der Waals surface area contributed by atoms with Crippen molar-refractivity contribution in [2.75, 3.05) is 5.73 Å². The summed E-state index contributed by atoms with van der Waals surface area (Å²) in [6.07, 6.45) is 0. The minimum Gasteiger partial charge on any atom is -0.398 e. The van der Waals surface area contributed by atoms with Gasteiger partial charge < -0.3 is 11.1 Å². The van der Waals surface area contributed by atoms with Crippen LogP contribution in [0.25, 0.3) is 0 Å². The van der Waals surface area contributed by atoms with E-state index in [1.54, 1.807) is 29.5 Å². The molecule has 0 bridgehead atoms. The van der Waals surface area contributed by atoms with Gasteiger partial charge in [0.15, 0.2) is 0 Å². The van der Waals surface area contributed by atoms with E-state index < -0.39 is 0 Å². The van der Waals surface area contributed by atoms with Crippen molar-refractivity contribution in [3.05, 3.63) is 49.6 Å². The molecule has 0 saturated carbocycles. The summed E-state index contributed by atoms with van der Waals surface area (Å²) in [6, 6.07) is 6.79. The molecule has 94 valence electrons. The fourth-order valence-electron chi connectivity index (χ4n) is 1.40. The van der Waals surface area contributed by atoms with E-state index in [0.717, 1.165) is 9.35 Å². The minimum absolute atomic E-state index is 0.168. The fraction of sp³-hybridized carbons (Fsp3) is 0.0833. The number of anilines is 1. The van der Waals surface area contributed by atoms with Crippen molar-refractivity contribution < 1.29 is 4.79 Å². The number of nitrogen functional groups attached to an aromatic ring is 1. The van der Waals surface area contributed by atoms with Crippen LogP contribution in [0.2, 0.25) is 5.02 Å². The summed E-state index contributed by atoms with van der Waals surface area (Å²) < 4.78 is 1.00. The van der Waals surface area contributed by atoms with Gasteiger partial charge >= 0.3 is 0 Å². The van der Waals surface area contributed by atoms with Crippen LogP contribution in [-0.2, 0) is 6.54 Å². The van der Waals surface area contributed by atoms with Gasteiger partial charge in [0.1, 0.15) is 0 Å². The molecule has 3 nitrogen and oxygen atoms in total. The highest BCUT2D eigenvalue weighted by Crippen LogP contribution is 2.23. The second-order valence-corrected chi connectivity index (χ2v) is 5.87. The van der Waals surface area contributed by atoms with Gasteiger partial charge in [0.2, 0.25) is 0 Å². The third-order valence-corrected chi connectivity index (χ3v) is 4.63. The maximum Gasteiger partial charge on any atom is 0.251 e. The van der Waals surface area contributed by atoms with Crippen LogP contribution in [0.15, 0.2) is 34.1 Å². The van der Waals surface area contributed by atoms with E-state index in [1.165, 1.54) is 0 Å². The Hall–Kier alpha value is -1.04. The SMILES string of the molecule is Nc1cc(C(=O)NCc2sccc2Br)ccc1Cl. The highest BCUT2D eigenvalue weighted by molar-refractivity contribution is 9.10. The number of hydrogen-bond donors (Lipinski definition) is 2. The Kier molecular flexibility index (Phi) is 4.27. The monoisotopic (exact) mass is 344 g/mol. The molecule has 18 heavy (non-hydrogen) atoms. The predicted molar refractivity (Wildman–Crippen MR) is 79.1 cm³/mol. The van der Waals surface area contributed by atoms with Gasteiger partial charge in [-0.25, -0.2) is 0 Å². The number of nitrogens with two attached hydrogens (primary N) is 1. The molecule has 0 atom stereocenters. The quantitative estimate of drug-likeness (QED) is 0.834. The lowest BCUT2D eigenvalue weighted by Crippen LogP contribution is -2.22. The van der Waals surface area contributed by atoms with Gasteiger partial charge in [-0.1, -0.05) is 11.6 Å². The van der Waals surface area contributed by atoms with E-state index in [4.69, 9.17) is 17.3 Å². The van der Waals surface area contributed by atoms with Gasteiger partial charge in [-0.15, -0.1) is 11.3 Å². The predicted octanol–water partition coefficient (Wildman–Crippen LogP) is 3.68. The van der Waals surface area contributed by atoms with Crippen LogP contribution in [0.3, 0.4) is 0 Å². The van der Waals surface area contributed by atoms with Gasteiger partial charge in [0.25, 0.3) is 5.91 Å². The average Bonchev–Trinajstić information content (AvgIpc) is 2.75. The zero-order valence-corrected chi connectivity index (χ0v) is 12.4. The van der Waals surface area contributed by atoms with E-state index in [2.05, 4.69) is 21.2 Å². The van der Waals surface area contributed by atoms with Crippen molar-refractivity contribution in [3.63, 3.8) is 0 Å². The Balaban J connectivity index is 2.04. The molecule has 0 unspecified atom stereocenters. The van der Waals surface area contributed by atoms with Crippen LogP contribution in [0.4, 0.5) is 5.69 Å². The summed E-state index contributed by atoms with van der Waals surface area (Å²) in [5.41, 5.74) is 6.56. The second-order valence-electron chi connectivity index (χ2n) is 3.61. The normalized spacial score (nSPS) is 10.3. The summed E-state index contributed by atoms with van der Waals surface area (Å²) in [5, 5.41) is 5.25. The molecule has 2 aromatic rings. The van der Waals surface area contributed by atoms with Crippen LogP contribution < -0.4 is 11.1 Å². The maximum absolute atomic E-state index is 11.9. The molecule has 0 fully saturated rings.